The lowest BCUT2D eigenvalue weighted by atomic mass is 10.1. The number of hydrogen-bond donors (Lipinski definition) is 2. The number of para-hydroxylation sites is 1. The quantitative estimate of drug-likeness (QED) is 0.781. The van der Waals surface area contributed by atoms with Crippen molar-refractivity contribution in [3.8, 4) is 5.75 Å². The van der Waals surface area contributed by atoms with Crippen molar-refractivity contribution in [3.05, 3.63) is 54.0 Å². The van der Waals surface area contributed by atoms with E-state index in [2.05, 4.69) is 14.9 Å². The van der Waals surface area contributed by atoms with Gasteiger partial charge in [0.05, 0.1) is 6.17 Å². The maximum Gasteiger partial charge on any atom is 0.161 e. The summed E-state index contributed by atoms with van der Waals surface area (Å²) >= 11 is 0. The average Bonchev–Trinajstić information content (AvgIpc) is 2.95. The first-order valence-electron chi connectivity index (χ1n) is 8.15. The zero-order chi connectivity index (χ0) is 15.6. The fourth-order valence-corrected chi connectivity index (χ4v) is 3.31. The van der Waals surface area contributed by atoms with Crippen molar-refractivity contribution in [1.82, 2.24) is 19.9 Å². The largest absolute Gasteiger partial charge is 0.508 e. The number of phenolic OH excluding ortho intramolecular Hbond substituents is 1. The number of piperidine rings is 1. The van der Waals surface area contributed by atoms with Gasteiger partial charge in [0.15, 0.2) is 5.65 Å². The molecule has 5 nitrogen and oxygen atoms in total. The number of fused-ring (bicyclic) bond motifs is 1. The molecule has 118 valence electrons. The first-order valence-corrected chi connectivity index (χ1v) is 8.15. The Hall–Kier alpha value is -2.40. The summed E-state index contributed by atoms with van der Waals surface area (Å²) in [5.74, 6) is 1.26. The van der Waals surface area contributed by atoms with E-state index >= 15 is 0 Å². The Balaban J connectivity index is 1.80. The second-order valence-electron chi connectivity index (χ2n) is 6.02. The lowest BCUT2D eigenvalue weighted by Gasteiger charge is -2.26. The topological polar surface area (TPSA) is 63.0 Å². The van der Waals surface area contributed by atoms with Gasteiger partial charge in [0.25, 0.3) is 0 Å². The second kappa shape index (κ2) is 6.01. The molecule has 0 bridgehead atoms. The van der Waals surface area contributed by atoms with Crippen LogP contribution in [-0.4, -0.2) is 26.2 Å². The van der Waals surface area contributed by atoms with Crippen molar-refractivity contribution in [3.63, 3.8) is 0 Å². The number of phenols is 1. The molecule has 1 saturated heterocycles. The Morgan fingerprint density at radius 1 is 1.17 bits per heavy atom. The van der Waals surface area contributed by atoms with Gasteiger partial charge in [-0.2, -0.15) is 0 Å². The molecule has 0 saturated carbocycles. The molecule has 4 rings (SSSR count). The Morgan fingerprint density at radius 2 is 2.09 bits per heavy atom. The molecule has 0 spiro atoms. The Morgan fingerprint density at radius 3 is 2.91 bits per heavy atom. The van der Waals surface area contributed by atoms with E-state index in [1.807, 2.05) is 36.5 Å². The molecule has 5 heteroatoms. The van der Waals surface area contributed by atoms with Crippen LogP contribution in [0.2, 0.25) is 0 Å². The number of nitrogens with zero attached hydrogens (tertiary/aromatic N) is 3. The zero-order valence-corrected chi connectivity index (χ0v) is 12.9. The van der Waals surface area contributed by atoms with Crippen LogP contribution < -0.4 is 5.32 Å². The fraction of sp³-hybridized carbons (Fsp3) is 0.333. The maximum absolute atomic E-state index is 10.1. The van der Waals surface area contributed by atoms with Gasteiger partial charge in [0.1, 0.15) is 17.1 Å². The summed E-state index contributed by atoms with van der Waals surface area (Å²) < 4.78 is 2.21. The third-order valence-corrected chi connectivity index (χ3v) is 4.46. The van der Waals surface area contributed by atoms with Gasteiger partial charge in [-0.15, -0.1) is 0 Å². The molecule has 1 unspecified atom stereocenters. The van der Waals surface area contributed by atoms with E-state index in [0.717, 1.165) is 35.5 Å². The molecule has 1 aromatic carbocycles. The van der Waals surface area contributed by atoms with Gasteiger partial charge in [-0.3, -0.25) is 9.88 Å². The number of imidazole rings is 1. The highest BCUT2D eigenvalue weighted by Crippen LogP contribution is 2.27. The van der Waals surface area contributed by atoms with Crippen molar-refractivity contribution in [2.75, 3.05) is 6.54 Å². The predicted molar refractivity (Wildman–Crippen MR) is 89.3 cm³/mol. The fourth-order valence-electron chi connectivity index (χ4n) is 3.31. The summed E-state index contributed by atoms with van der Waals surface area (Å²) in [5.41, 5.74) is 2.71. The molecule has 1 aliphatic rings. The second-order valence-corrected chi connectivity index (χ2v) is 6.02. The highest BCUT2D eigenvalue weighted by molar-refractivity contribution is 5.71. The number of nitrogens with one attached hydrogen (secondary N) is 1. The predicted octanol–water partition coefficient (Wildman–Crippen LogP) is 3.00. The average molecular weight is 308 g/mol. The van der Waals surface area contributed by atoms with Gasteiger partial charge in [-0.05, 0) is 44.0 Å². The van der Waals surface area contributed by atoms with Crippen molar-refractivity contribution >= 4 is 11.2 Å². The summed E-state index contributed by atoms with van der Waals surface area (Å²) in [7, 11) is 0. The number of hydrogen-bond acceptors (Lipinski definition) is 4. The first kappa shape index (κ1) is 14.2. The molecule has 2 aromatic heterocycles. The van der Waals surface area contributed by atoms with Crippen LogP contribution in [-0.2, 0) is 6.42 Å². The Kier molecular flexibility index (Phi) is 3.71. The van der Waals surface area contributed by atoms with Gasteiger partial charge >= 0.3 is 0 Å². The minimum absolute atomic E-state index is 0.226. The first-order chi connectivity index (χ1) is 11.3. The molecule has 2 N–H and O–H groups in total. The third kappa shape index (κ3) is 2.68. The van der Waals surface area contributed by atoms with E-state index in [-0.39, 0.29) is 6.17 Å². The van der Waals surface area contributed by atoms with E-state index in [4.69, 9.17) is 4.98 Å². The van der Waals surface area contributed by atoms with Crippen LogP contribution in [0.5, 0.6) is 5.75 Å². The molecule has 1 fully saturated rings. The standard InChI is InChI=1S/C18H20N4O/c23-15-8-2-1-6-13(15)12-17-21-14-7-5-11-20-18(14)22(17)16-9-3-4-10-19-16/h1-2,5-8,11,16,19,23H,3-4,9-10,12H2. The summed E-state index contributed by atoms with van der Waals surface area (Å²) in [4.78, 5) is 9.31. The summed E-state index contributed by atoms with van der Waals surface area (Å²) in [6.07, 6.45) is 6.14. The Bertz CT molecular complexity index is 821. The number of aromatic nitrogens is 3. The van der Waals surface area contributed by atoms with Crippen LogP contribution in [0.15, 0.2) is 42.6 Å². The van der Waals surface area contributed by atoms with Crippen LogP contribution in [0.4, 0.5) is 0 Å². The number of aromatic hydroxyl groups is 1. The van der Waals surface area contributed by atoms with Gasteiger partial charge in [0.2, 0.25) is 0 Å². The highest BCUT2D eigenvalue weighted by Gasteiger charge is 2.22. The third-order valence-electron chi connectivity index (χ3n) is 4.46. The highest BCUT2D eigenvalue weighted by atomic mass is 16.3. The summed E-state index contributed by atoms with van der Waals surface area (Å²) in [5, 5.41) is 13.7. The maximum atomic E-state index is 10.1. The summed E-state index contributed by atoms with van der Waals surface area (Å²) in [6, 6.07) is 11.4. The van der Waals surface area contributed by atoms with Crippen LogP contribution in [0.3, 0.4) is 0 Å². The number of benzene rings is 1. The number of rotatable bonds is 3. The molecule has 0 radical (unpaired) electrons. The number of pyridine rings is 1. The molecule has 3 heterocycles. The van der Waals surface area contributed by atoms with E-state index < -0.39 is 0 Å². The summed E-state index contributed by atoms with van der Waals surface area (Å²) in [6.45, 7) is 1.02. The molecule has 0 aliphatic carbocycles. The van der Waals surface area contributed by atoms with E-state index in [1.165, 1.54) is 12.8 Å². The van der Waals surface area contributed by atoms with Crippen molar-refractivity contribution in [2.45, 2.75) is 31.8 Å². The van der Waals surface area contributed by atoms with E-state index in [9.17, 15) is 5.11 Å². The SMILES string of the molecule is Oc1ccccc1Cc1nc2cccnc2n1C1CCCCN1. The minimum Gasteiger partial charge on any atom is -0.508 e. The van der Waals surface area contributed by atoms with Gasteiger partial charge in [-0.1, -0.05) is 18.2 Å². The van der Waals surface area contributed by atoms with Crippen LogP contribution in [0, 0.1) is 0 Å². The molecule has 1 atom stereocenters. The smallest absolute Gasteiger partial charge is 0.161 e. The van der Waals surface area contributed by atoms with E-state index in [1.54, 1.807) is 6.07 Å². The van der Waals surface area contributed by atoms with Crippen molar-refractivity contribution in [2.24, 2.45) is 0 Å². The van der Waals surface area contributed by atoms with Gasteiger partial charge in [0, 0.05) is 18.2 Å². The van der Waals surface area contributed by atoms with Crippen molar-refractivity contribution < 1.29 is 5.11 Å². The van der Waals surface area contributed by atoms with Gasteiger partial charge < -0.3 is 5.11 Å². The molecule has 1 aliphatic heterocycles. The monoisotopic (exact) mass is 308 g/mol. The lowest BCUT2D eigenvalue weighted by Crippen LogP contribution is -2.32. The Labute approximate surface area is 135 Å². The van der Waals surface area contributed by atoms with Crippen LogP contribution in [0.25, 0.3) is 11.2 Å². The normalized spacial score (nSPS) is 18.3. The van der Waals surface area contributed by atoms with Crippen LogP contribution in [0.1, 0.15) is 36.8 Å². The van der Waals surface area contributed by atoms with E-state index in [0.29, 0.717) is 12.2 Å². The molecule has 0 amide bonds. The molecule has 3 aromatic rings. The van der Waals surface area contributed by atoms with Crippen molar-refractivity contribution in [1.29, 1.82) is 0 Å². The minimum atomic E-state index is 0.226. The molecular weight excluding hydrogens is 288 g/mol. The molecule has 23 heavy (non-hydrogen) atoms. The van der Waals surface area contributed by atoms with Gasteiger partial charge in [-0.25, -0.2) is 9.97 Å². The molecular formula is C18H20N4O. The zero-order valence-electron chi connectivity index (χ0n) is 12.9. The lowest BCUT2D eigenvalue weighted by molar-refractivity contribution is 0.320. The van der Waals surface area contributed by atoms with Crippen LogP contribution >= 0.6 is 0 Å².